The molecule has 0 aliphatic carbocycles. The summed E-state index contributed by atoms with van der Waals surface area (Å²) in [6.45, 7) is 6.58. The number of rotatable bonds is 6. The summed E-state index contributed by atoms with van der Waals surface area (Å²) in [5, 5.41) is 0. The molecule has 0 saturated heterocycles. The molecule has 14 heavy (non-hydrogen) atoms. The van der Waals surface area contributed by atoms with Crippen LogP contribution in [-0.2, 0) is 2.85 Å². The Morgan fingerprint density at radius 2 is 1.71 bits per heavy atom. The van der Waals surface area contributed by atoms with E-state index in [-0.39, 0.29) is 5.60 Å². The van der Waals surface area contributed by atoms with Crippen molar-refractivity contribution in [3.63, 3.8) is 0 Å². The molecule has 0 aromatic carbocycles. The first-order valence-electron chi connectivity index (χ1n) is 5.70. The summed E-state index contributed by atoms with van der Waals surface area (Å²) in [6.07, 6.45) is 3.12. The van der Waals surface area contributed by atoms with Crippen molar-refractivity contribution in [1.82, 2.24) is 0 Å². The SMILES string of the molecule is CCC(=NC)C(CC)(CC)[O][In]([CH3])[CH3]. The summed E-state index contributed by atoms with van der Waals surface area (Å²) in [4.78, 5) is 4.40. The van der Waals surface area contributed by atoms with E-state index < -0.39 is 21.9 Å². The van der Waals surface area contributed by atoms with Crippen molar-refractivity contribution in [3.05, 3.63) is 0 Å². The van der Waals surface area contributed by atoms with Crippen LogP contribution in [0.15, 0.2) is 4.99 Å². The standard InChI is InChI=1S/C9H18NO.2CH3.In/c1-5-8(10-4)9(11,6-2)7-3;;;/h5-7H2,1-4H3;2*1H3;/q-1;;;+1. The molecule has 0 atom stereocenters. The van der Waals surface area contributed by atoms with Crippen molar-refractivity contribution < 1.29 is 2.85 Å². The van der Waals surface area contributed by atoms with Gasteiger partial charge in [0.2, 0.25) is 0 Å². The zero-order valence-corrected chi connectivity index (χ0v) is 13.8. The van der Waals surface area contributed by atoms with E-state index in [0.29, 0.717) is 0 Å². The zero-order valence-electron chi connectivity index (χ0n) is 10.6. The average molecular weight is 301 g/mol. The summed E-state index contributed by atoms with van der Waals surface area (Å²) in [7, 11) is 1.89. The molecule has 0 bridgehead atoms. The molecule has 0 unspecified atom stereocenters. The Kier molecular flexibility index (Phi) is 7.13. The second-order valence-electron chi connectivity index (χ2n) is 3.89. The van der Waals surface area contributed by atoms with Gasteiger partial charge in [0.25, 0.3) is 0 Å². The first-order valence-corrected chi connectivity index (χ1v) is 13.6. The normalized spacial score (nSPS) is 13.1. The molecule has 0 aromatic rings. The molecule has 0 fully saturated rings. The number of hydrogen-bond acceptors (Lipinski definition) is 2. The fraction of sp³-hybridized carbons (Fsp3) is 0.909. The molecule has 2 nitrogen and oxygen atoms in total. The summed E-state index contributed by atoms with van der Waals surface area (Å²) >= 11 is -1.64. The fourth-order valence-corrected chi connectivity index (χ4v) is 5.94. The first kappa shape index (κ1) is 14.5. The molecular weight excluding hydrogens is 277 g/mol. The minimum absolute atomic E-state index is 0.0340. The van der Waals surface area contributed by atoms with Gasteiger partial charge in [-0.05, 0) is 0 Å². The van der Waals surface area contributed by atoms with E-state index in [1.54, 1.807) is 0 Å². The van der Waals surface area contributed by atoms with Gasteiger partial charge in [0.05, 0.1) is 0 Å². The third-order valence-electron chi connectivity index (χ3n) is 2.73. The van der Waals surface area contributed by atoms with Crippen LogP contribution in [0.25, 0.3) is 0 Å². The third-order valence-corrected chi connectivity index (χ3v) is 5.37. The van der Waals surface area contributed by atoms with Crippen molar-refractivity contribution in [2.45, 2.75) is 55.0 Å². The van der Waals surface area contributed by atoms with Crippen LogP contribution in [0.5, 0.6) is 0 Å². The van der Waals surface area contributed by atoms with Gasteiger partial charge in [0.15, 0.2) is 0 Å². The van der Waals surface area contributed by atoms with Gasteiger partial charge in [-0.1, -0.05) is 0 Å². The van der Waals surface area contributed by atoms with Crippen molar-refractivity contribution in [2.75, 3.05) is 7.05 Å². The monoisotopic (exact) mass is 301 g/mol. The van der Waals surface area contributed by atoms with Gasteiger partial charge in [-0.2, -0.15) is 0 Å². The zero-order chi connectivity index (χ0) is 11.2. The van der Waals surface area contributed by atoms with Gasteiger partial charge in [-0.25, -0.2) is 0 Å². The van der Waals surface area contributed by atoms with Gasteiger partial charge in [0.1, 0.15) is 0 Å². The van der Waals surface area contributed by atoms with Gasteiger partial charge in [-0.3, -0.25) is 0 Å². The molecule has 0 aliphatic rings. The predicted octanol–water partition coefficient (Wildman–Crippen LogP) is 3.29. The maximum atomic E-state index is 6.26. The Labute approximate surface area is 97.3 Å². The van der Waals surface area contributed by atoms with E-state index in [2.05, 4.69) is 35.1 Å². The number of aliphatic imine (C=N–C) groups is 1. The Morgan fingerprint density at radius 1 is 1.21 bits per heavy atom. The molecule has 3 heteroatoms. The molecule has 0 aliphatic heterocycles. The fourth-order valence-electron chi connectivity index (χ4n) is 2.03. The van der Waals surface area contributed by atoms with E-state index in [0.717, 1.165) is 19.3 Å². The molecule has 0 radical (unpaired) electrons. The number of nitrogens with zero attached hydrogens (tertiary/aromatic N) is 1. The molecular formula is C11H24InNO. The average Bonchev–Trinajstić information content (AvgIpc) is 2.17. The van der Waals surface area contributed by atoms with Crippen molar-refractivity contribution in [2.24, 2.45) is 4.99 Å². The predicted molar refractivity (Wildman–Crippen MR) is 65.5 cm³/mol. The quantitative estimate of drug-likeness (QED) is 0.690. The molecule has 0 amide bonds. The molecule has 0 saturated carbocycles. The van der Waals surface area contributed by atoms with Crippen molar-refractivity contribution >= 4 is 27.6 Å². The minimum atomic E-state index is -1.64. The second kappa shape index (κ2) is 6.89. The summed E-state index contributed by atoms with van der Waals surface area (Å²) in [6, 6.07) is 0. The third kappa shape index (κ3) is 3.58. The number of hydrogen-bond donors (Lipinski definition) is 0. The van der Waals surface area contributed by atoms with E-state index in [1.807, 2.05) is 7.05 Å². The van der Waals surface area contributed by atoms with Crippen LogP contribution in [0.3, 0.4) is 0 Å². The van der Waals surface area contributed by atoms with E-state index in [4.69, 9.17) is 2.85 Å². The Balaban J connectivity index is 4.85. The van der Waals surface area contributed by atoms with Crippen molar-refractivity contribution in [3.8, 4) is 0 Å². The van der Waals surface area contributed by atoms with E-state index >= 15 is 0 Å². The van der Waals surface area contributed by atoms with Gasteiger partial charge >= 0.3 is 97.5 Å². The summed E-state index contributed by atoms with van der Waals surface area (Å²) < 4.78 is 10.9. The van der Waals surface area contributed by atoms with E-state index in [9.17, 15) is 0 Å². The Hall–Kier alpha value is 0.500. The van der Waals surface area contributed by atoms with Crippen LogP contribution < -0.4 is 0 Å². The molecule has 0 spiro atoms. The van der Waals surface area contributed by atoms with Gasteiger partial charge < -0.3 is 0 Å². The van der Waals surface area contributed by atoms with E-state index in [1.165, 1.54) is 5.71 Å². The Bertz CT molecular complexity index is 186. The van der Waals surface area contributed by atoms with Crippen LogP contribution in [0.2, 0.25) is 9.36 Å². The summed E-state index contributed by atoms with van der Waals surface area (Å²) in [5.74, 6) is 0. The van der Waals surface area contributed by atoms with Crippen LogP contribution in [-0.4, -0.2) is 40.2 Å². The van der Waals surface area contributed by atoms with Crippen LogP contribution in [0.4, 0.5) is 0 Å². The van der Waals surface area contributed by atoms with Crippen molar-refractivity contribution in [1.29, 1.82) is 0 Å². The summed E-state index contributed by atoms with van der Waals surface area (Å²) in [5.41, 5.74) is 1.21. The second-order valence-corrected chi connectivity index (χ2v) is 10.6. The van der Waals surface area contributed by atoms with Gasteiger partial charge in [0, 0.05) is 0 Å². The maximum absolute atomic E-state index is 6.26. The van der Waals surface area contributed by atoms with Crippen LogP contribution in [0, 0.1) is 0 Å². The molecule has 82 valence electrons. The first-order chi connectivity index (χ1) is 6.56. The topological polar surface area (TPSA) is 21.6 Å². The van der Waals surface area contributed by atoms with Crippen LogP contribution >= 0.6 is 0 Å². The Morgan fingerprint density at radius 3 is 1.93 bits per heavy atom. The molecule has 0 aromatic heterocycles. The van der Waals surface area contributed by atoms with Gasteiger partial charge in [-0.15, -0.1) is 0 Å². The molecule has 0 rings (SSSR count). The molecule has 0 heterocycles. The molecule has 0 N–H and O–H groups in total. The van der Waals surface area contributed by atoms with Crippen LogP contribution in [0.1, 0.15) is 40.0 Å².